The van der Waals surface area contributed by atoms with Crippen LogP contribution in [0.2, 0.25) is 0 Å². The van der Waals surface area contributed by atoms with Crippen molar-refractivity contribution in [2.45, 2.75) is 37.5 Å². The second-order valence-corrected chi connectivity index (χ2v) is 9.29. The molecule has 1 amide bonds. The number of hydrogen-bond acceptors (Lipinski definition) is 4. The van der Waals surface area contributed by atoms with Crippen molar-refractivity contribution >= 4 is 15.7 Å². The fourth-order valence-corrected chi connectivity index (χ4v) is 6.09. The Morgan fingerprint density at radius 2 is 2.12 bits per heavy atom. The highest BCUT2D eigenvalue weighted by atomic mass is 32.2. The van der Waals surface area contributed by atoms with Crippen LogP contribution < -0.4 is 0 Å². The smallest absolute Gasteiger partial charge is 0.257 e. The highest BCUT2D eigenvalue weighted by molar-refractivity contribution is 7.92. The summed E-state index contributed by atoms with van der Waals surface area (Å²) in [5, 5.41) is 3.89. The number of hydrogen-bond donors (Lipinski definition) is 0. The van der Waals surface area contributed by atoms with Crippen molar-refractivity contribution in [2.24, 2.45) is 0 Å². The highest BCUT2D eigenvalue weighted by Gasteiger charge is 2.46. The third kappa shape index (κ3) is 2.82. The normalized spacial score (nSPS) is 24.5. The van der Waals surface area contributed by atoms with Crippen molar-refractivity contribution in [2.75, 3.05) is 12.3 Å². The molecule has 0 bridgehead atoms. The third-order valence-corrected chi connectivity index (χ3v) is 7.58. The lowest BCUT2D eigenvalue weighted by Gasteiger charge is -2.37. The van der Waals surface area contributed by atoms with Gasteiger partial charge in [0.2, 0.25) is 0 Å². The van der Waals surface area contributed by atoms with Gasteiger partial charge in [-0.2, -0.15) is 5.10 Å². The molecule has 2 heterocycles. The molecule has 2 fully saturated rings. The lowest BCUT2D eigenvalue weighted by atomic mass is 10.1. The van der Waals surface area contributed by atoms with Gasteiger partial charge in [-0.15, -0.1) is 0 Å². The van der Waals surface area contributed by atoms with E-state index in [9.17, 15) is 17.6 Å². The SMILES string of the molecule is Cc1nn(-c2cccc(F)c2)cc1C(=O)N1CCS(=O)(=O)[C@@H]2CCC[C@H]21. The average Bonchev–Trinajstić information content (AvgIpc) is 3.22. The molecule has 0 radical (unpaired) electrons. The maximum Gasteiger partial charge on any atom is 0.257 e. The summed E-state index contributed by atoms with van der Waals surface area (Å²) >= 11 is 0. The summed E-state index contributed by atoms with van der Waals surface area (Å²) < 4.78 is 39.5. The minimum Gasteiger partial charge on any atom is -0.333 e. The predicted octanol–water partition coefficient (Wildman–Crippen LogP) is 2.11. The van der Waals surface area contributed by atoms with Gasteiger partial charge in [-0.3, -0.25) is 4.79 Å². The lowest BCUT2D eigenvalue weighted by molar-refractivity contribution is 0.0686. The molecule has 2 atom stereocenters. The zero-order chi connectivity index (χ0) is 18.5. The molecule has 0 N–H and O–H groups in total. The van der Waals surface area contributed by atoms with Crippen LogP contribution >= 0.6 is 0 Å². The van der Waals surface area contributed by atoms with Crippen molar-refractivity contribution in [3.05, 3.63) is 47.5 Å². The van der Waals surface area contributed by atoms with E-state index in [1.165, 1.54) is 16.8 Å². The van der Waals surface area contributed by atoms with Gasteiger partial charge < -0.3 is 4.90 Å². The summed E-state index contributed by atoms with van der Waals surface area (Å²) in [5.74, 6) is -0.563. The first-order valence-electron chi connectivity index (χ1n) is 8.71. The number of carbonyl (C=O) groups excluding carboxylic acids is 1. The molecule has 1 aromatic heterocycles. The van der Waals surface area contributed by atoms with E-state index < -0.39 is 15.1 Å². The summed E-state index contributed by atoms with van der Waals surface area (Å²) in [6.07, 6.45) is 3.75. The van der Waals surface area contributed by atoms with Crippen molar-refractivity contribution in [3.63, 3.8) is 0 Å². The Balaban J connectivity index is 1.65. The summed E-state index contributed by atoms with van der Waals surface area (Å²) in [5.41, 5.74) is 1.51. The second-order valence-electron chi connectivity index (χ2n) is 6.95. The van der Waals surface area contributed by atoms with E-state index in [0.29, 0.717) is 29.8 Å². The fraction of sp³-hybridized carbons (Fsp3) is 0.444. The molecule has 2 aliphatic rings. The van der Waals surface area contributed by atoms with Crippen molar-refractivity contribution in [1.29, 1.82) is 0 Å². The highest BCUT2D eigenvalue weighted by Crippen LogP contribution is 2.34. The van der Waals surface area contributed by atoms with Gasteiger partial charge >= 0.3 is 0 Å². The van der Waals surface area contributed by atoms with Crippen molar-refractivity contribution < 1.29 is 17.6 Å². The summed E-state index contributed by atoms with van der Waals surface area (Å²) in [6, 6.07) is 5.74. The van der Waals surface area contributed by atoms with Gasteiger partial charge in [-0.1, -0.05) is 6.07 Å². The maximum atomic E-state index is 13.5. The van der Waals surface area contributed by atoms with Crippen LogP contribution in [0.3, 0.4) is 0 Å². The number of aryl methyl sites for hydroxylation is 1. The molecule has 8 heteroatoms. The van der Waals surface area contributed by atoms with Gasteiger partial charge in [0, 0.05) is 18.8 Å². The molecular formula is C18H20FN3O3S. The Bertz CT molecular complexity index is 970. The van der Waals surface area contributed by atoms with Crippen LogP contribution in [0.4, 0.5) is 4.39 Å². The first kappa shape index (κ1) is 17.2. The third-order valence-electron chi connectivity index (χ3n) is 5.36. The van der Waals surface area contributed by atoms with Crippen LogP contribution in [0.25, 0.3) is 5.69 Å². The quantitative estimate of drug-likeness (QED) is 0.804. The van der Waals surface area contributed by atoms with Crippen LogP contribution in [0.15, 0.2) is 30.5 Å². The summed E-state index contributed by atoms with van der Waals surface area (Å²) in [6.45, 7) is 1.95. The standard InChI is InChI=1S/C18H20FN3O3S/c1-12-15(11-22(20-12)14-5-2-4-13(19)10-14)18(23)21-8-9-26(24,25)17-7-3-6-16(17)21/h2,4-5,10-11,16-17H,3,6-9H2,1H3/t16-,17-/m1/s1. The molecule has 26 heavy (non-hydrogen) atoms. The Kier molecular flexibility index (Phi) is 4.10. The van der Waals surface area contributed by atoms with Gasteiger partial charge in [0.1, 0.15) is 5.82 Å². The van der Waals surface area contributed by atoms with Crippen LogP contribution in [0, 0.1) is 12.7 Å². The maximum absolute atomic E-state index is 13.5. The number of nitrogens with zero attached hydrogens (tertiary/aromatic N) is 3. The molecule has 1 aliphatic heterocycles. The van der Waals surface area contributed by atoms with Crippen LogP contribution in [0.5, 0.6) is 0 Å². The largest absolute Gasteiger partial charge is 0.333 e. The monoisotopic (exact) mass is 377 g/mol. The first-order chi connectivity index (χ1) is 12.4. The molecule has 0 unspecified atom stereocenters. The molecule has 1 aromatic carbocycles. The van der Waals surface area contributed by atoms with Crippen LogP contribution in [0.1, 0.15) is 35.3 Å². The number of sulfone groups is 1. The number of fused-ring (bicyclic) bond motifs is 1. The van der Waals surface area contributed by atoms with Crippen LogP contribution in [-0.2, 0) is 9.84 Å². The summed E-state index contributed by atoms with van der Waals surface area (Å²) in [7, 11) is -3.12. The first-order valence-corrected chi connectivity index (χ1v) is 10.4. The summed E-state index contributed by atoms with van der Waals surface area (Å²) in [4.78, 5) is 14.8. The van der Waals surface area contributed by atoms with Crippen LogP contribution in [-0.4, -0.2) is 52.6 Å². The molecule has 138 valence electrons. The zero-order valence-electron chi connectivity index (χ0n) is 14.4. The molecule has 0 spiro atoms. The molecule has 2 aromatic rings. The van der Waals surface area contributed by atoms with E-state index in [1.54, 1.807) is 30.2 Å². The van der Waals surface area contributed by atoms with E-state index in [1.807, 2.05) is 0 Å². The fourth-order valence-electron chi connectivity index (χ4n) is 4.05. The van der Waals surface area contributed by atoms with Gasteiger partial charge in [-0.25, -0.2) is 17.5 Å². The Labute approximate surface area is 151 Å². The van der Waals surface area contributed by atoms with Gasteiger partial charge in [0.15, 0.2) is 9.84 Å². The topological polar surface area (TPSA) is 72.3 Å². The van der Waals surface area contributed by atoms with Gasteiger partial charge in [0.25, 0.3) is 5.91 Å². The number of halogens is 1. The Morgan fingerprint density at radius 3 is 2.88 bits per heavy atom. The lowest BCUT2D eigenvalue weighted by Crippen LogP contribution is -2.54. The number of aromatic nitrogens is 2. The molecule has 6 nitrogen and oxygen atoms in total. The van der Waals surface area contributed by atoms with E-state index in [4.69, 9.17) is 0 Å². The molecular weight excluding hydrogens is 357 g/mol. The van der Waals surface area contributed by atoms with E-state index >= 15 is 0 Å². The zero-order valence-corrected chi connectivity index (χ0v) is 15.2. The Hall–Kier alpha value is -2.22. The Morgan fingerprint density at radius 1 is 1.31 bits per heavy atom. The molecule has 1 aliphatic carbocycles. The number of rotatable bonds is 2. The van der Waals surface area contributed by atoms with E-state index in [0.717, 1.165) is 6.42 Å². The second kappa shape index (κ2) is 6.19. The number of benzene rings is 1. The van der Waals surface area contributed by atoms with E-state index in [2.05, 4.69) is 5.10 Å². The van der Waals surface area contributed by atoms with Crippen molar-refractivity contribution in [3.8, 4) is 5.69 Å². The molecule has 4 rings (SSSR count). The number of amides is 1. The minimum absolute atomic E-state index is 0.0109. The molecule has 1 saturated heterocycles. The predicted molar refractivity (Wildman–Crippen MR) is 94.5 cm³/mol. The van der Waals surface area contributed by atoms with Crippen molar-refractivity contribution in [1.82, 2.24) is 14.7 Å². The van der Waals surface area contributed by atoms with Gasteiger partial charge in [0.05, 0.1) is 27.9 Å². The average molecular weight is 377 g/mol. The van der Waals surface area contributed by atoms with Gasteiger partial charge in [-0.05, 0) is 44.4 Å². The molecule has 1 saturated carbocycles. The minimum atomic E-state index is -3.12. The number of carbonyl (C=O) groups is 1. The van der Waals surface area contributed by atoms with E-state index in [-0.39, 0.29) is 30.1 Å².